The number of ketones is 1. The van der Waals surface area contributed by atoms with Gasteiger partial charge < -0.3 is 4.74 Å². The van der Waals surface area contributed by atoms with Gasteiger partial charge in [-0.25, -0.2) is 27.6 Å². The van der Waals surface area contributed by atoms with Crippen LogP contribution in [0, 0.1) is 5.82 Å². The SMILES string of the molecule is CC(=O)c1ccc(OC(=O)c2nc(S(C)(=O)=O)ncc2Cl)c(F)c1. The van der Waals surface area contributed by atoms with E-state index in [0.717, 1.165) is 24.6 Å². The summed E-state index contributed by atoms with van der Waals surface area (Å²) in [5.41, 5.74) is -0.422. The molecule has 0 aliphatic heterocycles. The van der Waals surface area contributed by atoms with Crippen molar-refractivity contribution < 1.29 is 27.1 Å². The number of Topliss-reactive ketones (excluding diaryl/α,β-unsaturated/α-hetero) is 1. The average Bonchev–Trinajstić information content (AvgIpc) is 2.48. The highest BCUT2D eigenvalue weighted by Crippen LogP contribution is 2.22. The predicted octanol–water partition coefficient (Wildman–Crippen LogP) is 2.09. The molecule has 0 N–H and O–H groups in total. The van der Waals surface area contributed by atoms with Crippen LogP contribution in [0.3, 0.4) is 0 Å². The second-order valence-corrected chi connectivity index (χ2v) is 7.03. The molecule has 1 aromatic carbocycles. The van der Waals surface area contributed by atoms with E-state index in [-0.39, 0.29) is 16.4 Å². The molecule has 0 atom stereocenters. The third-order valence-electron chi connectivity index (χ3n) is 2.79. The fourth-order valence-electron chi connectivity index (χ4n) is 1.62. The van der Waals surface area contributed by atoms with Crippen LogP contribution >= 0.6 is 11.6 Å². The highest BCUT2D eigenvalue weighted by atomic mass is 35.5. The van der Waals surface area contributed by atoms with Crippen LogP contribution < -0.4 is 4.74 Å². The molecule has 0 unspecified atom stereocenters. The Kier molecular flexibility index (Phi) is 4.95. The molecule has 126 valence electrons. The van der Waals surface area contributed by atoms with Crippen molar-refractivity contribution in [1.82, 2.24) is 9.97 Å². The Morgan fingerprint density at radius 3 is 2.50 bits per heavy atom. The summed E-state index contributed by atoms with van der Waals surface area (Å²) in [7, 11) is -3.77. The van der Waals surface area contributed by atoms with Crippen LogP contribution in [0.15, 0.2) is 29.6 Å². The number of hydrogen-bond acceptors (Lipinski definition) is 7. The summed E-state index contributed by atoms with van der Waals surface area (Å²) >= 11 is 5.75. The first-order chi connectivity index (χ1) is 11.1. The smallest absolute Gasteiger partial charge is 0.364 e. The van der Waals surface area contributed by atoms with Crippen molar-refractivity contribution >= 4 is 33.2 Å². The third-order valence-corrected chi connectivity index (χ3v) is 3.92. The number of benzene rings is 1. The van der Waals surface area contributed by atoms with E-state index in [1.807, 2.05) is 0 Å². The van der Waals surface area contributed by atoms with E-state index in [4.69, 9.17) is 16.3 Å². The first-order valence-corrected chi connectivity index (χ1v) is 8.62. The van der Waals surface area contributed by atoms with E-state index in [9.17, 15) is 22.4 Å². The number of hydrogen-bond donors (Lipinski definition) is 0. The van der Waals surface area contributed by atoms with Gasteiger partial charge in [-0.3, -0.25) is 4.79 Å². The number of nitrogens with zero attached hydrogens (tertiary/aromatic N) is 2. The zero-order valence-electron chi connectivity index (χ0n) is 12.4. The van der Waals surface area contributed by atoms with Gasteiger partial charge in [0.05, 0.1) is 11.2 Å². The van der Waals surface area contributed by atoms with Gasteiger partial charge in [0.15, 0.2) is 23.0 Å². The van der Waals surface area contributed by atoms with Gasteiger partial charge in [-0.1, -0.05) is 11.6 Å². The van der Waals surface area contributed by atoms with E-state index in [0.29, 0.717) is 0 Å². The minimum absolute atomic E-state index is 0.103. The molecular formula is C14H10ClFN2O5S. The molecule has 0 aliphatic carbocycles. The minimum Gasteiger partial charge on any atom is -0.419 e. The Labute approximate surface area is 141 Å². The van der Waals surface area contributed by atoms with E-state index in [1.54, 1.807) is 0 Å². The quantitative estimate of drug-likeness (QED) is 0.350. The van der Waals surface area contributed by atoms with Crippen molar-refractivity contribution in [1.29, 1.82) is 0 Å². The lowest BCUT2D eigenvalue weighted by Gasteiger charge is -2.07. The molecule has 0 fully saturated rings. The van der Waals surface area contributed by atoms with Crippen LogP contribution in [0.25, 0.3) is 0 Å². The van der Waals surface area contributed by atoms with Crippen LogP contribution in [0.1, 0.15) is 27.8 Å². The van der Waals surface area contributed by atoms with Gasteiger partial charge in [0, 0.05) is 11.8 Å². The third kappa shape index (κ3) is 3.92. The molecule has 0 saturated heterocycles. The van der Waals surface area contributed by atoms with Gasteiger partial charge in [0.25, 0.3) is 0 Å². The minimum atomic E-state index is -3.77. The molecule has 7 nitrogen and oxygen atoms in total. The zero-order chi connectivity index (χ0) is 18.1. The summed E-state index contributed by atoms with van der Waals surface area (Å²) < 4.78 is 41.5. The molecule has 0 spiro atoms. The number of sulfone groups is 1. The Morgan fingerprint density at radius 2 is 1.96 bits per heavy atom. The highest BCUT2D eigenvalue weighted by molar-refractivity contribution is 7.90. The Hall–Kier alpha value is -2.39. The number of aromatic nitrogens is 2. The molecule has 0 bridgehead atoms. The number of carbonyl (C=O) groups is 2. The number of carbonyl (C=O) groups excluding carboxylic acids is 2. The molecule has 0 radical (unpaired) electrons. The van der Waals surface area contributed by atoms with Gasteiger partial charge in [-0.2, -0.15) is 0 Å². The lowest BCUT2D eigenvalue weighted by molar-refractivity contribution is 0.0720. The molecule has 10 heteroatoms. The van der Waals surface area contributed by atoms with Crippen molar-refractivity contribution in [3.05, 3.63) is 46.5 Å². The monoisotopic (exact) mass is 372 g/mol. The normalized spacial score (nSPS) is 11.2. The number of esters is 1. The standard InChI is InChI=1S/C14H10ClFN2O5S/c1-7(19)8-3-4-11(10(16)5-8)23-13(20)12-9(15)6-17-14(18-12)24(2,21)22/h3-6H,1-2H3. The number of ether oxygens (including phenoxy) is 1. The second-order valence-electron chi connectivity index (χ2n) is 4.71. The maximum Gasteiger partial charge on any atom is 0.364 e. The fourth-order valence-corrected chi connectivity index (χ4v) is 2.29. The van der Waals surface area contributed by atoms with Crippen molar-refractivity contribution in [3.8, 4) is 5.75 Å². The van der Waals surface area contributed by atoms with Crippen LogP contribution in [0.4, 0.5) is 4.39 Å². The van der Waals surface area contributed by atoms with Crippen molar-refractivity contribution in [2.24, 2.45) is 0 Å². The summed E-state index contributed by atoms with van der Waals surface area (Å²) in [4.78, 5) is 30.3. The van der Waals surface area contributed by atoms with Gasteiger partial charge in [-0.05, 0) is 25.1 Å². The Morgan fingerprint density at radius 1 is 1.29 bits per heavy atom. The van der Waals surface area contributed by atoms with Crippen molar-refractivity contribution in [2.75, 3.05) is 6.26 Å². The summed E-state index contributed by atoms with van der Waals surface area (Å²) in [6.07, 6.45) is 1.78. The lowest BCUT2D eigenvalue weighted by atomic mass is 10.1. The van der Waals surface area contributed by atoms with Crippen molar-refractivity contribution in [3.63, 3.8) is 0 Å². The van der Waals surface area contributed by atoms with Gasteiger partial charge in [0.2, 0.25) is 15.0 Å². The molecule has 1 heterocycles. The molecule has 24 heavy (non-hydrogen) atoms. The zero-order valence-corrected chi connectivity index (χ0v) is 14.0. The van der Waals surface area contributed by atoms with Crippen LogP contribution in [0.5, 0.6) is 5.75 Å². The topological polar surface area (TPSA) is 103 Å². The molecule has 0 saturated carbocycles. The molecule has 2 rings (SSSR count). The van der Waals surface area contributed by atoms with Gasteiger partial charge >= 0.3 is 5.97 Å². The predicted molar refractivity (Wildman–Crippen MR) is 81.5 cm³/mol. The first-order valence-electron chi connectivity index (χ1n) is 6.35. The first kappa shape index (κ1) is 18.0. The molecule has 1 aromatic heterocycles. The average molecular weight is 373 g/mol. The fraction of sp³-hybridized carbons (Fsp3) is 0.143. The largest absolute Gasteiger partial charge is 0.419 e. The van der Waals surface area contributed by atoms with Crippen LogP contribution in [0.2, 0.25) is 5.02 Å². The Bertz CT molecular complexity index is 946. The van der Waals surface area contributed by atoms with Gasteiger partial charge in [-0.15, -0.1) is 0 Å². The number of halogens is 2. The van der Waals surface area contributed by atoms with E-state index >= 15 is 0 Å². The maximum atomic E-state index is 13.9. The summed E-state index contributed by atoms with van der Waals surface area (Å²) in [5.74, 6) is -2.92. The van der Waals surface area contributed by atoms with E-state index < -0.39 is 38.2 Å². The Balaban J connectivity index is 2.35. The number of rotatable bonds is 4. The van der Waals surface area contributed by atoms with Crippen molar-refractivity contribution in [2.45, 2.75) is 12.1 Å². The highest BCUT2D eigenvalue weighted by Gasteiger charge is 2.21. The molecule has 0 amide bonds. The lowest BCUT2D eigenvalue weighted by Crippen LogP contribution is -2.15. The summed E-state index contributed by atoms with van der Waals surface area (Å²) in [6, 6.07) is 3.28. The second kappa shape index (κ2) is 6.62. The van der Waals surface area contributed by atoms with Crippen LogP contribution in [-0.2, 0) is 9.84 Å². The van der Waals surface area contributed by atoms with Crippen LogP contribution in [-0.4, -0.2) is 36.4 Å². The molecule has 2 aromatic rings. The molecular weight excluding hydrogens is 363 g/mol. The molecule has 0 aliphatic rings. The maximum absolute atomic E-state index is 13.9. The van der Waals surface area contributed by atoms with E-state index in [2.05, 4.69) is 9.97 Å². The summed E-state index contributed by atoms with van der Waals surface area (Å²) in [5, 5.41) is -0.876. The van der Waals surface area contributed by atoms with E-state index in [1.165, 1.54) is 13.0 Å². The summed E-state index contributed by atoms with van der Waals surface area (Å²) in [6.45, 7) is 1.26. The van der Waals surface area contributed by atoms with Gasteiger partial charge in [0.1, 0.15) is 0 Å².